The summed E-state index contributed by atoms with van der Waals surface area (Å²) in [5, 5.41) is 10.1. The van der Waals surface area contributed by atoms with Crippen LogP contribution in [0, 0.1) is 6.92 Å². The van der Waals surface area contributed by atoms with Crippen LogP contribution in [0.4, 0.5) is 0 Å². The zero-order chi connectivity index (χ0) is 13.4. The Labute approximate surface area is 112 Å². The van der Waals surface area contributed by atoms with Crippen molar-refractivity contribution in [1.82, 2.24) is 4.90 Å². The zero-order valence-electron chi connectivity index (χ0n) is 12.1. The maximum absolute atomic E-state index is 10.1. The number of hydrogen-bond donors (Lipinski definition) is 1. The van der Waals surface area contributed by atoms with E-state index >= 15 is 0 Å². The fourth-order valence-electron chi connectivity index (χ4n) is 2.12. The standard InChI is InChI=1S/C16H27NO/c1-4-6-11-17(12-7-5-2)13-15-10-8-9-14(3)16(15)18/h8-10,18H,4-7,11-13H2,1-3H3. The number of aromatic hydroxyl groups is 1. The molecule has 0 heterocycles. The lowest BCUT2D eigenvalue weighted by atomic mass is 10.1. The molecule has 0 radical (unpaired) electrons. The quantitative estimate of drug-likeness (QED) is 0.749. The van der Waals surface area contributed by atoms with Gasteiger partial charge in [0.15, 0.2) is 0 Å². The van der Waals surface area contributed by atoms with Gasteiger partial charge >= 0.3 is 0 Å². The first-order chi connectivity index (χ1) is 8.69. The molecule has 2 heteroatoms. The Morgan fingerprint density at radius 1 is 1.06 bits per heavy atom. The molecule has 18 heavy (non-hydrogen) atoms. The van der Waals surface area contributed by atoms with Crippen LogP contribution < -0.4 is 0 Å². The molecule has 0 saturated heterocycles. The van der Waals surface area contributed by atoms with Crippen LogP contribution in [-0.4, -0.2) is 23.1 Å². The third kappa shape index (κ3) is 4.69. The van der Waals surface area contributed by atoms with E-state index in [1.807, 2.05) is 25.1 Å². The molecular weight excluding hydrogens is 222 g/mol. The molecule has 0 fully saturated rings. The van der Waals surface area contributed by atoms with Gasteiger partial charge in [-0.1, -0.05) is 44.9 Å². The summed E-state index contributed by atoms with van der Waals surface area (Å²) in [6, 6.07) is 6.02. The van der Waals surface area contributed by atoms with Crippen LogP contribution in [0.3, 0.4) is 0 Å². The summed E-state index contributed by atoms with van der Waals surface area (Å²) in [6.45, 7) is 9.53. The summed E-state index contributed by atoms with van der Waals surface area (Å²) >= 11 is 0. The summed E-state index contributed by atoms with van der Waals surface area (Å²) in [5.41, 5.74) is 2.03. The van der Waals surface area contributed by atoms with Crippen molar-refractivity contribution < 1.29 is 5.11 Å². The summed E-state index contributed by atoms with van der Waals surface area (Å²) < 4.78 is 0. The van der Waals surface area contributed by atoms with E-state index in [9.17, 15) is 5.11 Å². The SMILES string of the molecule is CCCCN(CCCC)Cc1cccc(C)c1O. The number of phenolic OH excluding ortho intramolecular Hbond substituents is 1. The average molecular weight is 249 g/mol. The molecule has 1 aromatic carbocycles. The molecule has 102 valence electrons. The highest BCUT2D eigenvalue weighted by molar-refractivity contribution is 5.39. The Bertz CT molecular complexity index is 341. The van der Waals surface area contributed by atoms with Gasteiger partial charge in [0, 0.05) is 12.1 Å². The molecule has 1 rings (SSSR count). The summed E-state index contributed by atoms with van der Waals surface area (Å²) in [5.74, 6) is 0.468. The van der Waals surface area contributed by atoms with Gasteiger partial charge in [-0.05, 0) is 38.4 Å². The third-order valence-electron chi connectivity index (χ3n) is 3.37. The highest BCUT2D eigenvalue weighted by atomic mass is 16.3. The number of unbranched alkanes of at least 4 members (excludes halogenated alkanes) is 2. The third-order valence-corrected chi connectivity index (χ3v) is 3.37. The predicted molar refractivity (Wildman–Crippen MR) is 77.9 cm³/mol. The van der Waals surface area contributed by atoms with Crippen LogP contribution >= 0.6 is 0 Å². The summed E-state index contributed by atoms with van der Waals surface area (Å²) in [6.07, 6.45) is 4.91. The maximum Gasteiger partial charge on any atom is 0.122 e. The van der Waals surface area contributed by atoms with Gasteiger partial charge in [0.1, 0.15) is 5.75 Å². The monoisotopic (exact) mass is 249 g/mol. The lowest BCUT2D eigenvalue weighted by Gasteiger charge is -2.22. The van der Waals surface area contributed by atoms with Crippen molar-refractivity contribution >= 4 is 0 Å². The second-order valence-corrected chi connectivity index (χ2v) is 5.07. The lowest BCUT2D eigenvalue weighted by Crippen LogP contribution is -2.25. The topological polar surface area (TPSA) is 23.5 Å². The van der Waals surface area contributed by atoms with Gasteiger partial charge in [-0.15, -0.1) is 0 Å². The fraction of sp³-hybridized carbons (Fsp3) is 0.625. The Balaban J connectivity index is 2.65. The highest BCUT2D eigenvalue weighted by Crippen LogP contribution is 2.23. The second kappa shape index (κ2) is 8.15. The molecule has 0 saturated carbocycles. The summed E-state index contributed by atoms with van der Waals surface area (Å²) in [7, 11) is 0. The molecule has 0 unspecified atom stereocenters. The molecule has 0 atom stereocenters. The van der Waals surface area contributed by atoms with Crippen LogP contribution in [0.25, 0.3) is 0 Å². The number of phenols is 1. The van der Waals surface area contributed by atoms with Gasteiger partial charge in [-0.25, -0.2) is 0 Å². The smallest absolute Gasteiger partial charge is 0.122 e. The van der Waals surface area contributed by atoms with Crippen molar-refractivity contribution in [2.75, 3.05) is 13.1 Å². The molecule has 1 aromatic rings. The lowest BCUT2D eigenvalue weighted by molar-refractivity contribution is 0.253. The van der Waals surface area contributed by atoms with Crippen molar-refractivity contribution in [2.45, 2.75) is 53.0 Å². The zero-order valence-corrected chi connectivity index (χ0v) is 12.1. The molecule has 0 aromatic heterocycles. The second-order valence-electron chi connectivity index (χ2n) is 5.07. The van der Waals surface area contributed by atoms with E-state index in [1.165, 1.54) is 25.7 Å². The number of hydrogen-bond acceptors (Lipinski definition) is 2. The summed E-state index contributed by atoms with van der Waals surface area (Å²) in [4.78, 5) is 2.46. The molecule has 0 amide bonds. The Hall–Kier alpha value is -1.02. The fourth-order valence-corrected chi connectivity index (χ4v) is 2.12. The Kier molecular flexibility index (Phi) is 6.81. The normalized spacial score (nSPS) is 11.1. The molecule has 0 aliphatic rings. The number of benzene rings is 1. The predicted octanol–water partition coefficient (Wildman–Crippen LogP) is 4.10. The van der Waals surface area contributed by atoms with Crippen LogP contribution in [0.15, 0.2) is 18.2 Å². The minimum absolute atomic E-state index is 0.468. The van der Waals surface area contributed by atoms with E-state index in [1.54, 1.807) is 0 Å². The minimum atomic E-state index is 0.468. The van der Waals surface area contributed by atoms with Gasteiger partial charge in [-0.2, -0.15) is 0 Å². The molecule has 0 spiro atoms. The van der Waals surface area contributed by atoms with E-state index in [2.05, 4.69) is 18.7 Å². The number of aryl methyl sites for hydroxylation is 1. The first-order valence-corrected chi connectivity index (χ1v) is 7.18. The molecular formula is C16H27NO. The van der Waals surface area contributed by atoms with Gasteiger partial charge in [0.2, 0.25) is 0 Å². The van der Waals surface area contributed by atoms with Crippen molar-refractivity contribution in [1.29, 1.82) is 0 Å². The number of rotatable bonds is 8. The number of nitrogens with zero attached hydrogens (tertiary/aromatic N) is 1. The van der Waals surface area contributed by atoms with Crippen molar-refractivity contribution in [2.24, 2.45) is 0 Å². The average Bonchev–Trinajstić information content (AvgIpc) is 2.38. The van der Waals surface area contributed by atoms with Crippen LogP contribution in [-0.2, 0) is 6.54 Å². The van der Waals surface area contributed by atoms with E-state index in [0.717, 1.165) is 30.8 Å². The van der Waals surface area contributed by atoms with Crippen molar-refractivity contribution in [3.05, 3.63) is 29.3 Å². The minimum Gasteiger partial charge on any atom is -0.507 e. The molecule has 0 aliphatic heterocycles. The highest BCUT2D eigenvalue weighted by Gasteiger charge is 2.09. The van der Waals surface area contributed by atoms with Crippen molar-refractivity contribution in [3.8, 4) is 5.75 Å². The van der Waals surface area contributed by atoms with E-state index in [0.29, 0.717) is 5.75 Å². The van der Waals surface area contributed by atoms with Gasteiger partial charge in [-0.3, -0.25) is 4.90 Å². The molecule has 2 nitrogen and oxygen atoms in total. The van der Waals surface area contributed by atoms with E-state index in [-0.39, 0.29) is 0 Å². The Morgan fingerprint density at radius 3 is 2.22 bits per heavy atom. The Morgan fingerprint density at radius 2 is 1.67 bits per heavy atom. The molecule has 0 aliphatic carbocycles. The van der Waals surface area contributed by atoms with Crippen LogP contribution in [0.2, 0.25) is 0 Å². The van der Waals surface area contributed by atoms with Gasteiger partial charge in [0.25, 0.3) is 0 Å². The maximum atomic E-state index is 10.1. The first kappa shape index (κ1) is 15.0. The van der Waals surface area contributed by atoms with Crippen molar-refractivity contribution in [3.63, 3.8) is 0 Å². The van der Waals surface area contributed by atoms with Gasteiger partial charge in [0.05, 0.1) is 0 Å². The molecule has 0 bridgehead atoms. The number of para-hydroxylation sites is 1. The van der Waals surface area contributed by atoms with E-state index < -0.39 is 0 Å². The van der Waals surface area contributed by atoms with Gasteiger partial charge < -0.3 is 5.11 Å². The van der Waals surface area contributed by atoms with E-state index in [4.69, 9.17) is 0 Å². The van der Waals surface area contributed by atoms with Crippen LogP contribution in [0.5, 0.6) is 5.75 Å². The first-order valence-electron chi connectivity index (χ1n) is 7.18. The largest absolute Gasteiger partial charge is 0.507 e. The molecule has 1 N–H and O–H groups in total. The van der Waals surface area contributed by atoms with Crippen LogP contribution in [0.1, 0.15) is 50.7 Å².